The highest BCUT2D eigenvalue weighted by atomic mass is 32.2. The van der Waals surface area contributed by atoms with E-state index in [4.69, 9.17) is 0 Å². The van der Waals surface area contributed by atoms with Crippen molar-refractivity contribution in [3.05, 3.63) is 12.3 Å². The predicted octanol–water partition coefficient (Wildman–Crippen LogP) is 0.507. The highest BCUT2D eigenvalue weighted by Gasteiger charge is 2.21. The molecule has 1 saturated carbocycles. The average Bonchev–Trinajstić information content (AvgIpc) is 3.00. The number of hydrogen-bond donors (Lipinski definition) is 2. The van der Waals surface area contributed by atoms with Crippen LogP contribution in [0.15, 0.2) is 12.3 Å². The molecule has 0 saturated heterocycles. The van der Waals surface area contributed by atoms with Crippen molar-refractivity contribution in [1.82, 2.24) is 9.97 Å². The number of sulfone groups is 1. The van der Waals surface area contributed by atoms with Crippen LogP contribution in [0.4, 0.5) is 11.8 Å². The number of hydrogen-bond acceptors (Lipinski definition) is 6. The van der Waals surface area contributed by atoms with Crippen LogP contribution in [0.1, 0.15) is 12.8 Å². The smallest absolute Gasteiger partial charge is 0.224 e. The van der Waals surface area contributed by atoms with Gasteiger partial charge in [0, 0.05) is 25.0 Å². The zero-order chi connectivity index (χ0) is 12.3. The molecular weight excluding hydrogens is 240 g/mol. The summed E-state index contributed by atoms with van der Waals surface area (Å²) in [6.45, 7) is 0.325. The number of aromatic nitrogens is 2. The third-order valence-electron chi connectivity index (χ3n) is 2.34. The first kappa shape index (κ1) is 12.1. The Morgan fingerprint density at radius 3 is 2.88 bits per heavy atom. The first-order valence-electron chi connectivity index (χ1n) is 5.54. The zero-order valence-corrected chi connectivity index (χ0v) is 10.5. The lowest BCUT2D eigenvalue weighted by Crippen LogP contribution is -2.16. The van der Waals surface area contributed by atoms with Gasteiger partial charge < -0.3 is 10.6 Å². The summed E-state index contributed by atoms with van der Waals surface area (Å²) in [6, 6.07) is 2.34. The maximum absolute atomic E-state index is 10.9. The number of anilines is 2. The molecule has 0 bridgehead atoms. The topological polar surface area (TPSA) is 84.0 Å². The van der Waals surface area contributed by atoms with Gasteiger partial charge in [-0.15, -0.1) is 0 Å². The maximum Gasteiger partial charge on any atom is 0.224 e. The van der Waals surface area contributed by atoms with E-state index >= 15 is 0 Å². The third kappa shape index (κ3) is 4.56. The molecule has 0 aromatic carbocycles. The number of nitrogens with zero attached hydrogens (tertiary/aromatic N) is 2. The van der Waals surface area contributed by atoms with Crippen LogP contribution in [0.3, 0.4) is 0 Å². The monoisotopic (exact) mass is 256 g/mol. The van der Waals surface area contributed by atoms with E-state index in [9.17, 15) is 8.42 Å². The molecule has 1 aliphatic rings. The summed E-state index contributed by atoms with van der Waals surface area (Å²) in [5.41, 5.74) is 0. The van der Waals surface area contributed by atoms with Crippen molar-refractivity contribution < 1.29 is 8.42 Å². The van der Waals surface area contributed by atoms with E-state index in [0.29, 0.717) is 18.5 Å². The van der Waals surface area contributed by atoms with Crippen molar-refractivity contribution in [2.24, 2.45) is 0 Å². The largest absolute Gasteiger partial charge is 0.367 e. The fourth-order valence-corrected chi connectivity index (χ4v) is 1.78. The second-order valence-electron chi connectivity index (χ2n) is 4.24. The van der Waals surface area contributed by atoms with Gasteiger partial charge in [0.25, 0.3) is 0 Å². The molecule has 1 heterocycles. The van der Waals surface area contributed by atoms with Crippen LogP contribution in [0.5, 0.6) is 0 Å². The molecule has 0 amide bonds. The van der Waals surface area contributed by atoms with Gasteiger partial charge in [0.1, 0.15) is 15.7 Å². The standard InChI is InChI=1S/C10H16N4O2S/c1-17(15,16)7-6-12-10-11-5-4-9(14-10)13-8-2-3-8/h4-5,8H,2-3,6-7H2,1H3,(H2,11,12,13,14). The van der Waals surface area contributed by atoms with Crippen molar-refractivity contribution in [2.75, 3.05) is 29.2 Å². The fourth-order valence-electron chi connectivity index (χ4n) is 1.31. The van der Waals surface area contributed by atoms with Crippen molar-refractivity contribution >= 4 is 21.6 Å². The van der Waals surface area contributed by atoms with Gasteiger partial charge in [-0.3, -0.25) is 0 Å². The van der Waals surface area contributed by atoms with Crippen LogP contribution in [-0.4, -0.2) is 43.0 Å². The minimum absolute atomic E-state index is 0.0800. The van der Waals surface area contributed by atoms with Crippen LogP contribution < -0.4 is 10.6 Å². The summed E-state index contributed by atoms with van der Waals surface area (Å²) in [5.74, 6) is 1.32. The number of rotatable bonds is 6. The Labute approximate surface area is 101 Å². The molecule has 1 aromatic heterocycles. The van der Waals surface area contributed by atoms with Crippen molar-refractivity contribution in [1.29, 1.82) is 0 Å². The molecule has 1 aromatic rings. The lowest BCUT2D eigenvalue weighted by atomic mass is 10.5. The molecule has 6 nitrogen and oxygen atoms in total. The molecule has 0 aliphatic heterocycles. The Kier molecular flexibility index (Phi) is 3.46. The van der Waals surface area contributed by atoms with E-state index in [1.165, 1.54) is 19.1 Å². The average molecular weight is 256 g/mol. The Morgan fingerprint density at radius 2 is 2.24 bits per heavy atom. The summed E-state index contributed by atoms with van der Waals surface area (Å²) in [6.07, 6.45) is 5.22. The van der Waals surface area contributed by atoms with Crippen molar-refractivity contribution in [2.45, 2.75) is 18.9 Å². The third-order valence-corrected chi connectivity index (χ3v) is 3.29. The molecule has 1 fully saturated rings. The molecular formula is C10H16N4O2S. The quantitative estimate of drug-likeness (QED) is 0.771. The minimum atomic E-state index is -2.95. The first-order valence-corrected chi connectivity index (χ1v) is 7.60. The van der Waals surface area contributed by atoms with Crippen LogP contribution in [0.2, 0.25) is 0 Å². The first-order chi connectivity index (χ1) is 8.03. The summed E-state index contributed by atoms with van der Waals surface area (Å²) < 4.78 is 21.9. The highest BCUT2D eigenvalue weighted by Crippen LogP contribution is 2.23. The van der Waals surface area contributed by atoms with Gasteiger partial charge in [-0.05, 0) is 18.9 Å². The van der Waals surface area contributed by atoms with Gasteiger partial charge in [0.05, 0.1) is 5.75 Å². The van der Waals surface area contributed by atoms with Crippen LogP contribution in [-0.2, 0) is 9.84 Å². The molecule has 1 aliphatic carbocycles. The van der Waals surface area contributed by atoms with Crippen LogP contribution in [0, 0.1) is 0 Å². The van der Waals surface area contributed by atoms with Gasteiger partial charge in [0.2, 0.25) is 5.95 Å². The molecule has 2 N–H and O–H groups in total. The molecule has 0 atom stereocenters. The minimum Gasteiger partial charge on any atom is -0.367 e. The Morgan fingerprint density at radius 1 is 1.47 bits per heavy atom. The molecule has 0 unspecified atom stereocenters. The van der Waals surface area contributed by atoms with E-state index in [0.717, 1.165) is 5.82 Å². The van der Waals surface area contributed by atoms with Gasteiger partial charge >= 0.3 is 0 Å². The van der Waals surface area contributed by atoms with E-state index in [2.05, 4.69) is 20.6 Å². The lowest BCUT2D eigenvalue weighted by molar-refractivity contribution is 0.602. The maximum atomic E-state index is 10.9. The summed E-state index contributed by atoms with van der Waals surface area (Å²) in [4.78, 5) is 8.27. The van der Waals surface area contributed by atoms with E-state index in [-0.39, 0.29) is 5.75 Å². The van der Waals surface area contributed by atoms with Gasteiger partial charge in [-0.2, -0.15) is 4.98 Å². The number of nitrogens with one attached hydrogen (secondary N) is 2. The molecule has 0 spiro atoms. The summed E-state index contributed by atoms with van der Waals surface area (Å²) in [7, 11) is -2.95. The SMILES string of the molecule is CS(=O)(=O)CCNc1nccc(NC2CC2)n1. The normalized spacial score (nSPS) is 15.6. The Hall–Kier alpha value is -1.37. The molecule has 2 rings (SSSR count). The van der Waals surface area contributed by atoms with Crippen LogP contribution >= 0.6 is 0 Å². The van der Waals surface area contributed by atoms with Crippen molar-refractivity contribution in [3.63, 3.8) is 0 Å². The van der Waals surface area contributed by atoms with Crippen molar-refractivity contribution in [3.8, 4) is 0 Å². The Balaban J connectivity index is 1.87. The molecule has 7 heteroatoms. The lowest BCUT2D eigenvalue weighted by Gasteiger charge is -2.06. The molecule has 0 radical (unpaired) electrons. The fraction of sp³-hybridized carbons (Fsp3) is 0.600. The van der Waals surface area contributed by atoms with E-state index in [1.807, 2.05) is 0 Å². The summed E-state index contributed by atoms with van der Waals surface area (Å²) >= 11 is 0. The van der Waals surface area contributed by atoms with Gasteiger partial charge in [-0.25, -0.2) is 13.4 Å². The molecule has 94 valence electrons. The summed E-state index contributed by atoms with van der Waals surface area (Å²) in [5, 5.41) is 6.15. The van der Waals surface area contributed by atoms with Gasteiger partial charge in [-0.1, -0.05) is 0 Å². The molecule has 17 heavy (non-hydrogen) atoms. The second-order valence-corrected chi connectivity index (χ2v) is 6.50. The van der Waals surface area contributed by atoms with Gasteiger partial charge in [0.15, 0.2) is 0 Å². The zero-order valence-electron chi connectivity index (χ0n) is 9.68. The highest BCUT2D eigenvalue weighted by molar-refractivity contribution is 7.90. The van der Waals surface area contributed by atoms with E-state index in [1.54, 1.807) is 12.3 Å². The predicted molar refractivity (Wildman–Crippen MR) is 66.9 cm³/mol. The Bertz CT molecular complexity index is 485. The second kappa shape index (κ2) is 4.87. The van der Waals surface area contributed by atoms with Crippen LogP contribution in [0.25, 0.3) is 0 Å². The van der Waals surface area contributed by atoms with E-state index < -0.39 is 9.84 Å².